The van der Waals surface area contributed by atoms with Crippen LogP contribution in [0.4, 0.5) is 20.6 Å². The van der Waals surface area contributed by atoms with Gasteiger partial charge in [-0.15, -0.1) is 11.8 Å². The number of benzene rings is 2. The van der Waals surface area contributed by atoms with E-state index in [-0.39, 0.29) is 28.8 Å². The Balaban J connectivity index is 1.25. The highest BCUT2D eigenvalue weighted by molar-refractivity contribution is 8.00. The van der Waals surface area contributed by atoms with Gasteiger partial charge in [-0.3, -0.25) is 9.69 Å². The summed E-state index contributed by atoms with van der Waals surface area (Å²) in [6, 6.07) is 9.05. The molecule has 1 aromatic heterocycles. The quantitative estimate of drug-likeness (QED) is 0.454. The molecule has 0 radical (unpaired) electrons. The van der Waals surface area contributed by atoms with Crippen molar-refractivity contribution in [3.63, 3.8) is 0 Å². The predicted octanol–water partition coefficient (Wildman–Crippen LogP) is 2.62. The first-order valence-electron chi connectivity index (χ1n) is 10.4. The highest BCUT2D eigenvalue weighted by Gasteiger charge is 2.33. The Morgan fingerprint density at radius 2 is 2.06 bits per heavy atom. The molecule has 5 rings (SSSR count). The summed E-state index contributed by atoms with van der Waals surface area (Å²) >= 11 is 1.44. The summed E-state index contributed by atoms with van der Waals surface area (Å²) < 4.78 is 20.5. The third kappa shape index (κ3) is 4.11. The number of aromatic nitrogens is 2. The van der Waals surface area contributed by atoms with Crippen LogP contribution in [0.2, 0.25) is 0 Å². The van der Waals surface area contributed by atoms with Crippen LogP contribution >= 0.6 is 11.8 Å². The van der Waals surface area contributed by atoms with Crippen molar-refractivity contribution in [2.45, 2.75) is 30.4 Å². The number of hydrogen-bond donors (Lipinski definition) is 1. The minimum atomic E-state index is -0.742. The fourth-order valence-electron chi connectivity index (χ4n) is 4.03. The lowest BCUT2D eigenvalue weighted by atomic mass is 10.2. The molecule has 0 bridgehead atoms. The number of fused-ring (bicyclic) bond motifs is 2. The summed E-state index contributed by atoms with van der Waals surface area (Å²) in [6.45, 7) is 0.557. The second-order valence-electron chi connectivity index (χ2n) is 7.88. The van der Waals surface area contributed by atoms with E-state index >= 15 is 0 Å². The molecule has 2 amide bonds. The van der Waals surface area contributed by atoms with Gasteiger partial charge in [-0.25, -0.2) is 9.18 Å². The lowest BCUT2D eigenvalue weighted by Crippen LogP contribution is -2.50. The molecule has 2 aromatic carbocycles. The molecule has 1 atom stereocenters. The minimum absolute atomic E-state index is 0.0856. The van der Waals surface area contributed by atoms with E-state index in [0.29, 0.717) is 41.9 Å². The number of amides is 2. The highest BCUT2D eigenvalue weighted by Crippen LogP contribution is 2.35. The van der Waals surface area contributed by atoms with Gasteiger partial charge in [0.2, 0.25) is 5.91 Å². The third-order valence-electron chi connectivity index (χ3n) is 5.63. The first kappa shape index (κ1) is 21.3. The number of carbonyl (C=O) groups excluding carboxylic acids is 2. The first-order valence-corrected chi connectivity index (χ1v) is 11.3. The van der Waals surface area contributed by atoms with Crippen molar-refractivity contribution >= 4 is 46.0 Å². The van der Waals surface area contributed by atoms with Gasteiger partial charge in [0.25, 0.3) is 0 Å². The average molecular weight is 470 g/mol. The number of aryl methyl sites for hydroxylation is 1. The minimum Gasteiger partial charge on any atom is -0.708 e. The van der Waals surface area contributed by atoms with E-state index in [4.69, 9.17) is 4.74 Å². The molecule has 9 nitrogen and oxygen atoms in total. The van der Waals surface area contributed by atoms with Crippen molar-refractivity contribution in [1.82, 2.24) is 4.57 Å². The highest BCUT2D eigenvalue weighted by atomic mass is 32.2. The summed E-state index contributed by atoms with van der Waals surface area (Å²) in [5, 5.41) is 15.3. The molecule has 1 fully saturated rings. The van der Waals surface area contributed by atoms with Crippen molar-refractivity contribution in [1.29, 1.82) is 0 Å². The van der Waals surface area contributed by atoms with Crippen molar-refractivity contribution < 1.29 is 23.4 Å². The van der Waals surface area contributed by atoms with Crippen molar-refractivity contribution in [3.05, 3.63) is 64.1 Å². The fourth-order valence-corrected chi connectivity index (χ4v) is 4.82. The molecule has 2 aliphatic rings. The van der Waals surface area contributed by atoms with Gasteiger partial charge in [0.05, 0.1) is 29.9 Å². The zero-order valence-corrected chi connectivity index (χ0v) is 18.1. The van der Waals surface area contributed by atoms with Crippen molar-refractivity contribution in [3.8, 4) is 0 Å². The van der Waals surface area contributed by atoms with Crippen LogP contribution in [0.1, 0.15) is 12.8 Å². The number of cyclic esters (lactones) is 1. The summed E-state index contributed by atoms with van der Waals surface area (Å²) in [7, 11) is 0. The fraction of sp³-hybridized carbons (Fsp3) is 0.273. The maximum atomic E-state index is 13.5. The molecule has 1 saturated heterocycles. The number of carbonyl (C=O) groups is 2. The molecule has 2 aliphatic heterocycles. The van der Waals surface area contributed by atoms with Crippen LogP contribution in [0.15, 0.2) is 52.3 Å². The maximum absolute atomic E-state index is 13.5. The van der Waals surface area contributed by atoms with E-state index in [9.17, 15) is 24.0 Å². The number of halogens is 1. The molecule has 3 aromatic rings. The SMILES string of the molecule is O=C1CSc2ccc(N3CC(CCCn4cc5cc(F)ccc5[n+]([O-])c4=O)OC3=O)cc2N1. The first-order chi connectivity index (χ1) is 15.9. The summed E-state index contributed by atoms with van der Waals surface area (Å²) in [5.74, 6) is -0.217. The van der Waals surface area contributed by atoms with Gasteiger partial charge in [-0.1, -0.05) is 0 Å². The Morgan fingerprint density at radius 1 is 1.21 bits per heavy atom. The molecule has 0 spiro atoms. The Bertz CT molecular complexity index is 1340. The smallest absolute Gasteiger partial charge is 0.501 e. The number of hydrogen-bond acceptors (Lipinski definition) is 6. The second kappa shape index (κ2) is 8.39. The van der Waals surface area contributed by atoms with E-state index in [1.807, 2.05) is 12.1 Å². The van der Waals surface area contributed by atoms with Crippen LogP contribution in [0.25, 0.3) is 10.9 Å². The number of anilines is 2. The summed E-state index contributed by atoms with van der Waals surface area (Å²) in [5.41, 5.74) is 0.665. The van der Waals surface area contributed by atoms with Crippen LogP contribution in [-0.2, 0) is 16.1 Å². The standard InChI is InChI=1S/C22H19FN4O5S/c23-14-3-5-18-13(8-14)10-25(21(29)27(18)31)7-1-2-16-11-26(22(30)32-16)15-4-6-19-17(9-15)24-20(28)12-33-19/h3-6,8-10,16H,1-2,7,11-12H2,(H,24,28). The molecule has 0 aliphatic carbocycles. The topological polar surface area (TPSA) is 108 Å². The molecule has 3 heterocycles. The zero-order chi connectivity index (χ0) is 23.1. The Hall–Kier alpha value is -3.60. The lowest BCUT2D eigenvalue weighted by molar-refractivity contribution is -0.599. The average Bonchev–Trinajstić information content (AvgIpc) is 3.16. The zero-order valence-electron chi connectivity index (χ0n) is 17.3. The van der Waals surface area contributed by atoms with E-state index in [0.717, 1.165) is 11.0 Å². The third-order valence-corrected chi connectivity index (χ3v) is 6.70. The number of ether oxygens (including phenoxy) is 1. The van der Waals surface area contributed by atoms with Crippen LogP contribution in [0.5, 0.6) is 0 Å². The summed E-state index contributed by atoms with van der Waals surface area (Å²) in [6.07, 6.45) is 1.55. The van der Waals surface area contributed by atoms with Gasteiger partial charge in [-0.05, 0) is 49.2 Å². The molecule has 33 heavy (non-hydrogen) atoms. The molecule has 1 N–H and O–H groups in total. The van der Waals surface area contributed by atoms with E-state index in [1.165, 1.54) is 39.6 Å². The van der Waals surface area contributed by atoms with Gasteiger partial charge in [-0.2, -0.15) is 14.1 Å². The maximum Gasteiger partial charge on any atom is 0.501 e. The Kier molecular flexibility index (Phi) is 5.41. The summed E-state index contributed by atoms with van der Waals surface area (Å²) in [4.78, 5) is 38.8. The predicted molar refractivity (Wildman–Crippen MR) is 120 cm³/mol. The van der Waals surface area contributed by atoms with Crippen molar-refractivity contribution in [2.24, 2.45) is 0 Å². The van der Waals surface area contributed by atoms with E-state index in [2.05, 4.69) is 5.32 Å². The monoisotopic (exact) mass is 470 g/mol. The van der Waals surface area contributed by atoms with Crippen molar-refractivity contribution in [2.75, 3.05) is 22.5 Å². The molecule has 11 heteroatoms. The van der Waals surface area contributed by atoms with Gasteiger partial charge in [0.1, 0.15) is 23.6 Å². The lowest BCUT2D eigenvalue weighted by Gasteiger charge is -2.19. The largest absolute Gasteiger partial charge is 0.708 e. The number of rotatable bonds is 5. The Morgan fingerprint density at radius 3 is 2.91 bits per heavy atom. The van der Waals surface area contributed by atoms with Gasteiger partial charge in [0, 0.05) is 10.6 Å². The van der Waals surface area contributed by atoms with Crippen LogP contribution in [-0.4, -0.2) is 35.0 Å². The second-order valence-corrected chi connectivity index (χ2v) is 8.90. The normalized spacial score (nSPS) is 17.7. The number of thioether (sulfide) groups is 1. The molecular weight excluding hydrogens is 451 g/mol. The van der Waals surface area contributed by atoms with Crippen LogP contribution in [0, 0.1) is 11.0 Å². The van der Waals surface area contributed by atoms with E-state index in [1.54, 1.807) is 6.07 Å². The number of nitrogens with one attached hydrogen (secondary N) is 1. The van der Waals surface area contributed by atoms with Gasteiger partial charge in [0.15, 0.2) is 0 Å². The van der Waals surface area contributed by atoms with Gasteiger partial charge >= 0.3 is 11.8 Å². The van der Waals surface area contributed by atoms with E-state index < -0.39 is 17.6 Å². The molecule has 170 valence electrons. The van der Waals surface area contributed by atoms with Gasteiger partial charge < -0.3 is 15.3 Å². The number of nitrogens with zero attached hydrogens (tertiary/aromatic N) is 3. The molecular formula is C22H19FN4O5S. The van der Waals surface area contributed by atoms with Crippen LogP contribution < -0.4 is 20.6 Å². The Labute approximate surface area is 191 Å². The molecule has 1 unspecified atom stereocenters. The van der Waals surface area contributed by atoms with Crippen LogP contribution in [0.3, 0.4) is 0 Å². The molecule has 0 saturated carbocycles.